The van der Waals surface area contributed by atoms with Crippen molar-refractivity contribution in [3.63, 3.8) is 0 Å². The van der Waals surface area contributed by atoms with Crippen LogP contribution in [0, 0.1) is 10.8 Å². The minimum atomic E-state index is -0.513. The van der Waals surface area contributed by atoms with Gasteiger partial charge in [0, 0.05) is 0 Å². The Hall–Kier alpha value is -1.12. The molecule has 2 unspecified atom stereocenters. The minimum absolute atomic E-state index is 0.260. The van der Waals surface area contributed by atoms with Gasteiger partial charge in [-0.1, -0.05) is 24.5 Å². The van der Waals surface area contributed by atoms with Crippen LogP contribution in [-0.4, -0.2) is 11.9 Å². The van der Waals surface area contributed by atoms with E-state index in [2.05, 4.69) is 6.08 Å². The van der Waals surface area contributed by atoms with Crippen LogP contribution < -0.4 is 0 Å². The molecule has 3 heteroatoms. The molecule has 16 heavy (non-hydrogen) atoms. The number of allylic oxidation sites excluding steroid dienone is 2. The molecule has 0 aromatic heterocycles. The SMILES string of the molecule is CC1=CCC23CCCCC2(C1)C(=O)OC3=O. The largest absolute Gasteiger partial charge is 0.392 e. The highest BCUT2D eigenvalue weighted by Crippen LogP contribution is 2.62. The average Bonchev–Trinajstić information content (AvgIpc) is 2.49. The molecule has 0 aromatic carbocycles. The Labute approximate surface area is 94.8 Å². The first-order valence-electron chi connectivity index (χ1n) is 6.03. The number of hydrogen-bond donors (Lipinski definition) is 0. The van der Waals surface area contributed by atoms with E-state index in [1.54, 1.807) is 0 Å². The second-order valence-corrected chi connectivity index (χ2v) is 5.48. The van der Waals surface area contributed by atoms with Crippen molar-refractivity contribution in [3.05, 3.63) is 11.6 Å². The summed E-state index contributed by atoms with van der Waals surface area (Å²) in [4.78, 5) is 24.0. The van der Waals surface area contributed by atoms with Crippen molar-refractivity contribution in [3.8, 4) is 0 Å². The molecule has 1 saturated carbocycles. The van der Waals surface area contributed by atoms with E-state index < -0.39 is 10.8 Å². The average molecular weight is 220 g/mol. The van der Waals surface area contributed by atoms with Crippen molar-refractivity contribution in [2.24, 2.45) is 10.8 Å². The maximum atomic E-state index is 12.0. The second kappa shape index (κ2) is 2.96. The normalized spacial score (nSPS) is 42.2. The maximum Gasteiger partial charge on any atom is 0.321 e. The Bertz CT molecular complexity index is 409. The van der Waals surface area contributed by atoms with Crippen LogP contribution in [0.5, 0.6) is 0 Å². The van der Waals surface area contributed by atoms with Gasteiger partial charge < -0.3 is 4.74 Å². The van der Waals surface area contributed by atoms with Gasteiger partial charge in [-0.25, -0.2) is 0 Å². The van der Waals surface area contributed by atoms with Crippen LogP contribution in [0.3, 0.4) is 0 Å². The predicted molar refractivity (Wildman–Crippen MR) is 57.4 cm³/mol. The highest BCUT2D eigenvalue weighted by Gasteiger charge is 2.68. The van der Waals surface area contributed by atoms with Gasteiger partial charge in [-0.2, -0.15) is 0 Å². The number of carbonyl (C=O) groups is 2. The number of carbonyl (C=O) groups excluding carboxylic acids is 2. The summed E-state index contributed by atoms with van der Waals surface area (Å²) < 4.78 is 4.97. The standard InChI is InChI=1S/C13H16O3/c1-9-4-7-12-5-2-3-6-13(12,8-9)11(15)16-10(12)14/h4H,2-3,5-8H2,1H3. The van der Waals surface area contributed by atoms with Crippen molar-refractivity contribution in [2.75, 3.05) is 0 Å². The van der Waals surface area contributed by atoms with Gasteiger partial charge in [0.2, 0.25) is 0 Å². The summed E-state index contributed by atoms with van der Waals surface area (Å²) in [7, 11) is 0. The van der Waals surface area contributed by atoms with Crippen molar-refractivity contribution >= 4 is 11.9 Å². The Morgan fingerprint density at radius 1 is 1.12 bits per heavy atom. The monoisotopic (exact) mass is 220 g/mol. The summed E-state index contributed by atoms with van der Waals surface area (Å²) in [6.45, 7) is 2.04. The van der Waals surface area contributed by atoms with Crippen LogP contribution in [0.2, 0.25) is 0 Å². The van der Waals surface area contributed by atoms with Gasteiger partial charge in [0.1, 0.15) is 0 Å². The molecular weight excluding hydrogens is 204 g/mol. The van der Waals surface area contributed by atoms with E-state index in [4.69, 9.17) is 4.74 Å². The molecular formula is C13H16O3. The fraction of sp³-hybridized carbons (Fsp3) is 0.692. The molecule has 86 valence electrons. The fourth-order valence-electron chi connectivity index (χ4n) is 3.81. The van der Waals surface area contributed by atoms with Gasteiger partial charge in [-0.05, 0) is 32.6 Å². The molecule has 0 N–H and O–H groups in total. The molecule has 3 aliphatic rings. The van der Waals surface area contributed by atoms with Gasteiger partial charge >= 0.3 is 11.9 Å². The molecule has 0 radical (unpaired) electrons. The smallest absolute Gasteiger partial charge is 0.321 e. The molecule has 1 saturated heterocycles. The van der Waals surface area contributed by atoms with Crippen LogP contribution in [0.4, 0.5) is 0 Å². The fourth-order valence-corrected chi connectivity index (χ4v) is 3.81. The van der Waals surface area contributed by atoms with Gasteiger partial charge in [0.05, 0.1) is 10.8 Å². The maximum absolute atomic E-state index is 12.0. The van der Waals surface area contributed by atoms with Crippen LogP contribution in [-0.2, 0) is 14.3 Å². The Morgan fingerprint density at radius 2 is 1.75 bits per heavy atom. The molecule has 0 bridgehead atoms. The molecule has 3 rings (SSSR count). The Morgan fingerprint density at radius 3 is 2.50 bits per heavy atom. The highest BCUT2D eigenvalue weighted by atomic mass is 16.6. The third-order valence-corrected chi connectivity index (χ3v) is 4.72. The van der Waals surface area contributed by atoms with Crippen molar-refractivity contribution in [1.29, 1.82) is 0 Å². The van der Waals surface area contributed by atoms with E-state index in [-0.39, 0.29) is 11.9 Å². The molecule has 1 aliphatic heterocycles. The van der Waals surface area contributed by atoms with Crippen LogP contribution >= 0.6 is 0 Å². The summed E-state index contributed by atoms with van der Waals surface area (Å²) in [6, 6.07) is 0. The van der Waals surface area contributed by atoms with E-state index in [0.717, 1.165) is 32.1 Å². The second-order valence-electron chi connectivity index (χ2n) is 5.48. The van der Waals surface area contributed by atoms with E-state index in [1.165, 1.54) is 5.57 Å². The lowest BCUT2D eigenvalue weighted by Crippen LogP contribution is -2.48. The summed E-state index contributed by atoms with van der Waals surface area (Å²) in [5, 5.41) is 0. The van der Waals surface area contributed by atoms with Gasteiger partial charge in [-0.15, -0.1) is 0 Å². The number of rotatable bonds is 0. The first-order valence-corrected chi connectivity index (χ1v) is 6.03. The Kier molecular flexibility index (Phi) is 1.86. The highest BCUT2D eigenvalue weighted by molar-refractivity contribution is 6.02. The first kappa shape index (κ1) is 10.1. The van der Waals surface area contributed by atoms with Gasteiger partial charge in [0.15, 0.2) is 0 Å². The quantitative estimate of drug-likeness (QED) is 0.357. The summed E-state index contributed by atoms with van der Waals surface area (Å²) >= 11 is 0. The summed E-state index contributed by atoms with van der Waals surface area (Å²) in [6.07, 6.45) is 7.25. The molecule has 3 nitrogen and oxygen atoms in total. The van der Waals surface area contributed by atoms with Crippen molar-refractivity contribution in [1.82, 2.24) is 0 Å². The lowest BCUT2D eigenvalue weighted by molar-refractivity contribution is -0.155. The third kappa shape index (κ3) is 0.944. The predicted octanol–water partition coefficient (Wildman–Crippen LogP) is 2.36. The molecule has 0 spiro atoms. The number of esters is 2. The van der Waals surface area contributed by atoms with Crippen molar-refractivity contribution < 1.29 is 14.3 Å². The molecule has 2 aliphatic carbocycles. The zero-order chi connectivity index (χ0) is 11.4. The molecule has 2 atom stereocenters. The van der Waals surface area contributed by atoms with Crippen molar-refractivity contribution in [2.45, 2.75) is 45.4 Å². The summed E-state index contributed by atoms with van der Waals surface area (Å²) in [5.74, 6) is -0.523. The minimum Gasteiger partial charge on any atom is -0.392 e. The van der Waals surface area contributed by atoms with Crippen LogP contribution in [0.15, 0.2) is 11.6 Å². The number of hydrogen-bond acceptors (Lipinski definition) is 3. The van der Waals surface area contributed by atoms with E-state index in [9.17, 15) is 9.59 Å². The van der Waals surface area contributed by atoms with Gasteiger partial charge in [0.25, 0.3) is 0 Å². The van der Waals surface area contributed by atoms with E-state index in [1.807, 2.05) is 6.92 Å². The zero-order valence-corrected chi connectivity index (χ0v) is 9.54. The van der Waals surface area contributed by atoms with E-state index in [0.29, 0.717) is 6.42 Å². The molecule has 0 amide bonds. The third-order valence-electron chi connectivity index (χ3n) is 4.72. The Balaban J connectivity index is 2.17. The van der Waals surface area contributed by atoms with Crippen LogP contribution in [0.1, 0.15) is 45.4 Å². The molecule has 2 fully saturated rings. The summed E-state index contributed by atoms with van der Waals surface area (Å²) in [5.41, 5.74) is 0.201. The molecule has 0 aromatic rings. The number of ether oxygens (including phenoxy) is 1. The lowest BCUT2D eigenvalue weighted by atomic mass is 9.52. The molecule has 1 heterocycles. The topological polar surface area (TPSA) is 43.4 Å². The van der Waals surface area contributed by atoms with Gasteiger partial charge in [-0.3, -0.25) is 9.59 Å². The number of cyclic esters (lactones) is 2. The van der Waals surface area contributed by atoms with Crippen LogP contribution in [0.25, 0.3) is 0 Å². The zero-order valence-electron chi connectivity index (χ0n) is 9.54. The van der Waals surface area contributed by atoms with E-state index >= 15 is 0 Å². The lowest BCUT2D eigenvalue weighted by Gasteiger charge is -2.46. The first-order chi connectivity index (χ1) is 7.61.